The van der Waals surface area contributed by atoms with Crippen LogP contribution in [-0.4, -0.2) is 29.9 Å². The molecule has 7 nitrogen and oxygen atoms in total. The van der Waals surface area contributed by atoms with Crippen LogP contribution in [0.3, 0.4) is 0 Å². The highest BCUT2D eigenvalue weighted by Gasteiger charge is 2.17. The fourth-order valence-corrected chi connectivity index (χ4v) is 2.78. The zero-order valence-electron chi connectivity index (χ0n) is 14.6. The second-order valence-corrected chi connectivity index (χ2v) is 6.64. The van der Waals surface area contributed by atoms with Crippen molar-refractivity contribution in [3.8, 4) is 17.1 Å². The fraction of sp³-hybridized carbons (Fsp3) is 0.0500. The SMILES string of the molecule is O=Cc1ccc(-c2ccc(Cl)c(C(=O)OCC(=O)Nc3cc(Cl)ccc3O)c2)o1. The number of esters is 1. The van der Waals surface area contributed by atoms with E-state index < -0.39 is 18.5 Å². The van der Waals surface area contributed by atoms with Crippen LogP contribution in [0.4, 0.5) is 5.69 Å². The molecule has 0 saturated heterocycles. The molecular weight excluding hydrogens is 421 g/mol. The Balaban J connectivity index is 1.68. The summed E-state index contributed by atoms with van der Waals surface area (Å²) in [6.45, 7) is -0.610. The predicted molar refractivity (Wildman–Crippen MR) is 107 cm³/mol. The summed E-state index contributed by atoms with van der Waals surface area (Å²) >= 11 is 11.9. The van der Waals surface area contributed by atoms with Gasteiger partial charge < -0.3 is 19.6 Å². The highest BCUT2D eigenvalue weighted by molar-refractivity contribution is 6.33. The Hall–Kier alpha value is -3.29. The maximum atomic E-state index is 12.3. The molecule has 148 valence electrons. The number of benzene rings is 2. The van der Waals surface area contributed by atoms with Gasteiger partial charge in [-0.15, -0.1) is 0 Å². The first kappa shape index (κ1) is 20.4. The van der Waals surface area contributed by atoms with Crippen LogP contribution in [0.25, 0.3) is 11.3 Å². The third kappa shape index (κ3) is 4.96. The number of aldehydes is 1. The lowest BCUT2D eigenvalue weighted by Gasteiger charge is -2.09. The molecule has 0 aliphatic heterocycles. The Morgan fingerprint density at radius 1 is 1.10 bits per heavy atom. The molecule has 0 unspecified atom stereocenters. The van der Waals surface area contributed by atoms with Gasteiger partial charge in [-0.25, -0.2) is 4.79 Å². The van der Waals surface area contributed by atoms with E-state index in [0.29, 0.717) is 22.6 Å². The first-order chi connectivity index (χ1) is 13.9. The van der Waals surface area contributed by atoms with Crippen LogP contribution in [0.2, 0.25) is 10.0 Å². The van der Waals surface area contributed by atoms with Crippen molar-refractivity contribution in [2.45, 2.75) is 0 Å². The number of phenolic OH excluding ortho intramolecular Hbond substituents is 1. The van der Waals surface area contributed by atoms with E-state index in [-0.39, 0.29) is 27.8 Å². The molecular formula is C20H13Cl2NO6. The second kappa shape index (κ2) is 8.81. The van der Waals surface area contributed by atoms with Gasteiger partial charge >= 0.3 is 5.97 Å². The lowest BCUT2D eigenvalue weighted by atomic mass is 10.1. The van der Waals surface area contributed by atoms with E-state index in [9.17, 15) is 19.5 Å². The molecule has 0 atom stereocenters. The van der Waals surface area contributed by atoms with E-state index in [1.807, 2.05) is 0 Å². The number of ether oxygens (including phenoxy) is 1. The number of aromatic hydroxyl groups is 1. The first-order valence-corrected chi connectivity index (χ1v) is 8.93. The van der Waals surface area contributed by atoms with Crippen molar-refractivity contribution in [1.29, 1.82) is 0 Å². The quantitative estimate of drug-likeness (QED) is 0.335. The molecule has 9 heteroatoms. The van der Waals surface area contributed by atoms with Crippen molar-refractivity contribution < 1.29 is 28.6 Å². The van der Waals surface area contributed by atoms with Crippen molar-refractivity contribution in [3.05, 3.63) is 69.9 Å². The second-order valence-electron chi connectivity index (χ2n) is 5.80. The lowest BCUT2D eigenvalue weighted by molar-refractivity contribution is -0.119. The summed E-state index contributed by atoms with van der Waals surface area (Å²) in [6, 6.07) is 11.7. The summed E-state index contributed by atoms with van der Waals surface area (Å²) in [5, 5.41) is 12.5. The molecule has 0 spiro atoms. The number of halogens is 2. The van der Waals surface area contributed by atoms with Gasteiger partial charge in [0.05, 0.1) is 16.3 Å². The molecule has 0 bridgehead atoms. The van der Waals surface area contributed by atoms with E-state index >= 15 is 0 Å². The van der Waals surface area contributed by atoms with Crippen LogP contribution in [-0.2, 0) is 9.53 Å². The summed E-state index contributed by atoms with van der Waals surface area (Å²) in [5.41, 5.74) is 0.608. The normalized spacial score (nSPS) is 10.4. The van der Waals surface area contributed by atoms with Gasteiger partial charge in [-0.05, 0) is 48.5 Å². The summed E-state index contributed by atoms with van der Waals surface area (Å²) in [4.78, 5) is 35.1. The van der Waals surface area contributed by atoms with Gasteiger partial charge in [-0.1, -0.05) is 23.2 Å². The fourth-order valence-electron chi connectivity index (χ4n) is 2.41. The Kier molecular flexibility index (Phi) is 6.21. The minimum Gasteiger partial charge on any atom is -0.506 e. The van der Waals surface area contributed by atoms with Gasteiger partial charge in [0.15, 0.2) is 18.7 Å². The van der Waals surface area contributed by atoms with Crippen LogP contribution < -0.4 is 5.32 Å². The van der Waals surface area contributed by atoms with Crippen molar-refractivity contribution in [2.24, 2.45) is 0 Å². The van der Waals surface area contributed by atoms with Crippen LogP contribution >= 0.6 is 23.2 Å². The number of carbonyl (C=O) groups is 3. The largest absolute Gasteiger partial charge is 0.506 e. The summed E-state index contributed by atoms with van der Waals surface area (Å²) in [5.74, 6) is -1.18. The van der Waals surface area contributed by atoms with E-state index in [1.54, 1.807) is 12.1 Å². The van der Waals surface area contributed by atoms with Crippen molar-refractivity contribution in [2.75, 3.05) is 11.9 Å². The highest BCUT2D eigenvalue weighted by atomic mass is 35.5. The van der Waals surface area contributed by atoms with Crippen LogP contribution in [0.5, 0.6) is 5.75 Å². The molecule has 2 N–H and O–H groups in total. The number of rotatable bonds is 6. The number of hydrogen-bond donors (Lipinski definition) is 2. The number of carbonyl (C=O) groups excluding carboxylic acids is 3. The molecule has 2 aromatic carbocycles. The van der Waals surface area contributed by atoms with Crippen molar-refractivity contribution in [3.63, 3.8) is 0 Å². The molecule has 0 radical (unpaired) electrons. The van der Waals surface area contributed by atoms with Crippen LogP contribution in [0.1, 0.15) is 20.9 Å². The summed E-state index contributed by atoms with van der Waals surface area (Å²) < 4.78 is 10.3. The summed E-state index contributed by atoms with van der Waals surface area (Å²) in [6.07, 6.45) is 0.560. The maximum Gasteiger partial charge on any atom is 0.340 e. The van der Waals surface area contributed by atoms with E-state index in [1.165, 1.54) is 36.4 Å². The third-order valence-corrected chi connectivity index (χ3v) is 4.35. The standard InChI is InChI=1S/C20H13Cl2NO6/c21-12-2-5-17(25)16(8-12)23-19(26)10-28-20(27)14-7-11(1-4-15(14)22)18-6-3-13(9-24)29-18/h1-9,25H,10H2,(H,23,26). The molecule has 0 saturated carbocycles. The Morgan fingerprint density at radius 2 is 1.90 bits per heavy atom. The molecule has 0 aliphatic carbocycles. The number of furan rings is 1. The molecule has 29 heavy (non-hydrogen) atoms. The maximum absolute atomic E-state index is 12.3. The van der Waals surface area contributed by atoms with Crippen molar-refractivity contribution >= 4 is 47.1 Å². The molecule has 0 fully saturated rings. The third-order valence-electron chi connectivity index (χ3n) is 3.78. The van der Waals surface area contributed by atoms with Gasteiger partial charge in [0, 0.05) is 10.6 Å². The molecule has 3 aromatic rings. The van der Waals surface area contributed by atoms with Gasteiger partial charge in [0.2, 0.25) is 0 Å². The minimum atomic E-state index is -0.829. The molecule has 0 aliphatic rings. The number of amides is 1. The van der Waals surface area contributed by atoms with Crippen LogP contribution in [0.15, 0.2) is 52.9 Å². The van der Waals surface area contributed by atoms with Crippen molar-refractivity contribution in [1.82, 2.24) is 0 Å². The first-order valence-electron chi connectivity index (χ1n) is 8.18. The summed E-state index contributed by atoms with van der Waals surface area (Å²) in [7, 11) is 0. The Labute approximate surface area is 174 Å². The Morgan fingerprint density at radius 3 is 2.62 bits per heavy atom. The number of hydrogen-bond acceptors (Lipinski definition) is 6. The van der Waals surface area contributed by atoms with Gasteiger partial charge in [-0.2, -0.15) is 0 Å². The van der Waals surface area contributed by atoms with E-state index in [0.717, 1.165) is 0 Å². The lowest BCUT2D eigenvalue weighted by Crippen LogP contribution is -2.21. The number of phenols is 1. The van der Waals surface area contributed by atoms with E-state index in [4.69, 9.17) is 32.4 Å². The van der Waals surface area contributed by atoms with Gasteiger partial charge in [0.25, 0.3) is 5.91 Å². The highest BCUT2D eigenvalue weighted by Crippen LogP contribution is 2.28. The average Bonchev–Trinajstić information content (AvgIpc) is 3.18. The molecule has 1 amide bonds. The monoisotopic (exact) mass is 433 g/mol. The van der Waals surface area contributed by atoms with Gasteiger partial charge in [0.1, 0.15) is 11.5 Å². The van der Waals surface area contributed by atoms with Gasteiger partial charge in [-0.3, -0.25) is 9.59 Å². The average molecular weight is 434 g/mol. The zero-order chi connectivity index (χ0) is 21.0. The zero-order valence-corrected chi connectivity index (χ0v) is 16.2. The predicted octanol–water partition coefficient (Wildman–Crippen LogP) is 4.57. The number of nitrogens with one attached hydrogen (secondary N) is 1. The number of anilines is 1. The molecule has 1 aromatic heterocycles. The smallest absolute Gasteiger partial charge is 0.340 e. The van der Waals surface area contributed by atoms with Crippen LogP contribution in [0, 0.1) is 0 Å². The minimum absolute atomic E-state index is 0.0200. The molecule has 1 heterocycles. The Bertz CT molecular complexity index is 1090. The van der Waals surface area contributed by atoms with E-state index in [2.05, 4.69) is 5.32 Å². The molecule has 3 rings (SSSR count). The topological polar surface area (TPSA) is 106 Å².